The quantitative estimate of drug-likeness (QED) is 0.429. The molecule has 0 fully saturated rings. The number of phenols is 2. The highest BCUT2D eigenvalue weighted by atomic mass is 19.4. The zero-order valence-electron chi connectivity index (χ0n) is 11.8. The molecule has 0 saturated heterocycles. The summed E-state index contributed by atoms with van der Waals surface area (Å²) >= 11 is 0. The lowest BCUT2D eigenvalue weighted by Crippen LogP contribution is -2.09. The first-order valence-corrected chi connectivity index (χ1v) is 6.46. The number of unbranched alkanes of at least 4 members (excludes halogenated alkanes) is 1. The van der Waals surface area contributed by atoms with E-state index in [1.165, 1.54) is 6.07 Å². The number of phenolic OH excluding ortho intramolecular Hbond substituents is 2. The summed E-state index contributed by atoms with van der Waals surface area (Å²) in [7, 11) is 1.88. The van der Waals surface area contributed by atoms with Gasteiger partial charge in [0.25, 0.3) is 0 Å². The molecule has 1 aromatic carbocycles. The summed E-state index contributed by atoms with van der Waals surface area (Å²) in [5, 5.41) is 21.1. The summed E-state index contributed by atoms with van der Waals surface area (Å²) in [6.45, 7) is 0.865. The number of rotatable bonds is 6. The minimum Gasteiger partial charge on any atom is -0.504 e. The predicted molar refractivity (Wildman–Crippen MR) is 73.4 cm³/mol. The van der Waals surface area contributed by atoms with Gasteiger partial charge in [0.05, 0.1) is 0 Å². The van der Waals surface area contributed by atoms with Gasteiger partial charge in [-0.1, -0.05) is 6.07 Å². The van der Waals surface area contributed by atoms with Crippen LogP contribution < -0.4 is 5.32 Å². The highest BCUT2D eigenvalue weighted by Gasteiger charge is 2.25. The number of aldehydes is 1. The molecular formula is C14H20F3NO3. The van der Waals surface area contributed by atoms with Crippen LogP contribution in [0.5, 0.6) is 11.5 Å². The molecule has 4 nitrogen and oxygen atoms in total. The van der Waals surface area contributed by atoms with Crippen molar-refractivity contribution in [3.05, 3.63) is 23.8 Å². The molecular weight excluding hydrogens is 287 g/mol. The van der Waals surface area contributed by atoms with Crippen LogP contribution >= 0.6 is 0 Å². The van der Waals surface area contributed by atoms with E-state index in [9.17, 15) is 18.0 Å². The molecule has 0 spiro atoms. The predicted octanol–water partition coefficient (Wildman–Crippen LogP) is 2.78. The summed E-state index contributed by atoms with van der Waals surface area (Å²) in [6, 6.07) is 4.87. The number of halogens is 3. The van der Waals surface area contributed by atoms with Gasteiger partial charge in [0.2, 0.25) is 0 Å². The normalized spacial score (nSPS) is 10.7. The number of likely N-dealkylation sites (N-methyl/N-ethyl adjacent to an activating group) is 1. The average molecular weight is 307 g/mol. The monoisotopic (exact) mass is 307 g/mol. The Labute approximate surface area is 121 Å². The van der Waals surface area contributed by atoms with E-state index in [4.69, 9.17) is 10.2 Å². The van der Waals surface area contributed by atoms with Gasteiger partial charge in [0.15, 0.2) is 11.5 Å². The SMILES string of the molecule is CNCCc1ccc(O)c(O)c1.O=CCCCC(F)(F)F. The maximum absolute atomic E-state index is 11.3. The van der Waals surface area contributed by atoms with Gasteiger partial charge in [0.1, 0.15) is 6.29 Å². The molecule has 1 rings (SSSR count). The fraction of sp³-hybridized carbons (Fsp3) is 0.500. The molecule has 21 heavy (non-hydrogen) atoms. The third-order valence-electron chi connectivity index (χ3n) is 2.49. The number of carbonyl (C=O) groups is 1. The number of nitrogens with one attached hydrogen (secondary N) is 1. The van der Waals surface area contributed by atoms with Crippen molar-refractivity contribution in [1.82, 2.24) is 5.32 Å². The standard InChI is InChI=1S/C9H13NO2.C5H7F3O/c1-10-5-4-7-2-3-8(11)9(12)6-7;6-5(7,8)3-1-2-4-9/h2-3,6,10-12H,4-5H2,1H3;4H,1-3H2. The zero-order valence-corrected chi connectivity index (χ0v) is 11.8. The molecule has 0 heterocycles. The van der Waals surface area contributed by atoms with E-state index < -0.39 is 12.6 Å². The summed E-state index contributed by atoms with van der Waals surface area (Å²) in [5.74, 6) is -0.119. The molecule has 0 atom stereocenters. The van der Waals surface area contributed by atoms with Gasteiger partial charge < -0.3 is 20.3 Å². The van der Waals surface area contributed by atoms with Gasteiger partial charge in [-0.3, -0.25) is 0 Å². The Hall–Kier alpha value is -1.76. The molecule has 7 heteroatoms. The van der Waals surface area contributed by atoms with Gasteiger partial charge in [-0.2, -0.15) is 13.2 Å². The summed E-state index contributed by atoms with van der Waals surface area (Å²) in [5.41, 5.74) is 1.01. The molecule has 0 aromatic heterocycles. The first-order chi connectivity index (χ1) is 9.80. The van der Waals surface area contributed by atoms with E-state index >= 15 is 0 Å². The van der Waals surface area contributed by atoms with Crippen LogP contribution in [-0.4, -0.2) is 36.3 Å². The molecule has 0 aliphatic carbocycles. The van der Waals surface area contributed by atoms with Crippen LogP contribution in [0.4, 0.5) is 13.2 Å². The Balaban J connectivity index is 0.000000400. The van der Waals surface area contributed by atoms with E-state index in [1.54, 1.807) is 12.1 Å². The number of benzene rings is 1. The van der Waals surface area contributed by atoms with Crippen LogP contribution in [0.3, 0.4) is 0 Å². The van der Waals surface area contributed by atoms with Crippen LogP contribution in [0.25, 0.3) is 0 Å². The fourth-order valence-electron chi connectivity index (χ4n) is 1.38. The zero-order chi connectivity index (χ0) is 16.3. The maximum atomic E-state index is 11.3. The Morgan fingerprint density at radius 2 is 1.90 bits per heavy atom. The summed E-state index contributed by atoms with van der Waals surface area (Å²) < 4.78 is 33.8. The lowest BCUT2D eigenvalue weighted by molar-refractivity contribution is -0.136. The number of hydrogen-bond acceptors (Lipinski definition) is 4. The van der Waals surface area contributed by atoms with E-state index in [0.717, 1.165) is 18.5 Å². The summed E-state index contributed by atoms with van der Waals surface area (Å²) in [6.07, 6.45) is -3.71. The average Bonchev–Trinajstić information content (AvgIpc) is 2.40. The Kier molecular flexibility index (Phi) is 9.20. The van der Waals surface area contributed by atoms with E-state index in [1.807, 2.05) is 7.05 Å². The third-order valence-corrected chi connectivity index (χ3v) is 2.49. The lowest BCUT2D eigenvalue weighted by Gasteiger charge is -2.02. The van der Waals surface area contributed by atoms with Gasteiger partial charge >= 0.3 is 6.18 Å². The topological polar surface area (TPSA) is 69.6 Å². The minimum absolute atomic E-state index is 0.000486. The van der Waals surface area contributed by atoms with Gasteiger partial charge in [0, 0.05) is 12.8 Å². The molecule has 0 aliphatic rings. The number of carbonyl (C=O) groups excluding carboxylic acids is 1. The molecule has 0 bridgehead atoms. The van der Waals surface area contributed by atoms with Crippen molar-refractivity contribution >= 4 is 6.29 Å². The third kappa shape index (κ3) is 10.7. The van der Waals surface area contributed by atoms with E-state index in [2.05, 4.69) is 5.32 Å². The van der Waals surface area contributed by atoms with E-state index in [-0.39, 0.29) is 24.3 Å². The fourth-order valence-corrected chi connectivity index (χ4v) is 1.38. The molecule has 3 N–H and O–H groups in total. The molecule has 1 aromatic rings. The molecule has 0 radical (unpaired) electrons. The molecule has 0 saturated carbocycles. The molecule has 0 amide bonds. The van der Waals surface area contributed by atoms with Gasteiger partial charge in [-0.05, 0) is 44.1 Å². The highest BCUT2D eigenvalue weighted by molar-refractivity contribution is 5.48. The van der Waals surface area contributed by atoms with Crippen molar-refractivity contribution in [2.45, 2.75) is 31.9 Å². The van der Waals surface area contributed by atoms with Gasteiger partial charge in [-0.15, -0.1) is 0 Å². The van der Waals surface area contributed by atoms with Crippen LogP contribution in [0.1, 0.15) is 24.8 Å². The molecule has 120 valence electrons. The summed E-state index contributed by atoms with van der Waals surface area (Å²) in [4.78, 5) is 9.52. The second-order valence-electron chi connectivity index (χ2n) is 4.35. The maximum Gasteiger partial charge on any atom is 0.389 e. The molecule has 0 unspecified atom stereocenters. The molecule has 0 aliphatic heterocycles. The van der Waals surface area contributed by atoms with Crippen LogP contribution in [0.15, 0.2) is 18.2 Å². The van der Waals surface area contributed by atoms with E-state index in [0.29, 0.717) is 6.29 Å². The van der Waals surface area contributed by atoms with Crippen molar-refractivity contribution in [2.75, 3.05) is 13.6 Å². The van der Waals surface area contributed by atoms with Crippen molar-refractivity contribution in [1.29, 1.82) is 0 Å². The number of aromatic hydroxyl groups is 2. The first-order valence-electron chi connectivity index (χ1n) is 6.46. The van der Waals surface area contributed by atoms with Crippen molar-refractivity contribution in [3.63, 3.8) is 0 Å². The largest absolute Gasteiger partial charge is 0.504 e. The first kappa shape index (κ1) is 19.2. The van der Waals surface area contributed by atoms with Crippen LogP contribution in [0, 0.1) is 0 Å². The Bertz CT molecular complexity index is 422. The highest BCUT2D eigenvalue weighted by Crippen LogP contribution is 2.24. The lowest BCUT2D eigenvalue weighted by atomic mass is 10.1. The Morgan fingerprint density at radius 3 is 2.38 bits per heavy atom. The smallest absolute Gasteiger partial charge is 0.389 e. The number of alkyl halides is 3. The van der Waals surface area contributed by atoms with Crippen molar-refractivity contribution in [3.8, 4) is 11.5 Å². The minimum atomic E-state index is -4.11. The van der Waals surface area contributed by atoms with Gasteiger partial charge in [-0.25, -0.2) is 0 Å². The van der Waals surface area contributed by atoms with Crippen LogP contribution in [-0.2, 0) is 11.2 Å². The van der Waals surface area contributed by atoms with Crippen molar-refractivity contribution in [2.24, 2.45) is 0 Å². The second-order valence-corrected chi connectivity index (χ2v) is 4.35. The number of hydrogen-bond donors (Lipinski definition) is 3. The van der Waals surface area contributed by atoms with Crippen LogP contribution in [0.2, 0.25) is 0 Å². The Morgan fingerprint density at radius 1 is 1.24 bits per heavy atom. The second kappa shape index (κ2) is 10.0. The van der Waals surface area contributed by atoms with Crippen molar-refractivity contribution < 1.29 is 28.2 Å².